The number of aryl methyl sites for hydroxylation is 1. The highest BCUT2D eigenvalue weighted by atomic mass is 35.5. The third-order valence-electron chi connectivity index (χ3n) is 5.18. The number of rotatable bonds is 5. The fourth-order valence-electron chi connectivity index (χ4n) is 3.47. The zero-order chi connectivity index (χ0) is 22.3. The first-order valence-electron chi connectivity index (χ1n) is 9.88. The third-order valence-corrected chi connectivity index (χ3v) is 7.10. The van der Waals surface area contributed by atoms with Crippen LogP contribution in [0.2, 0.25) is 5.02 Å². The molecule has 9 heteroatoms. The van der Waals surface area contributed by atoms with Gasteiger partial charge in [0.1, 0.15) is 5.82 Å². The van der Waals surface area contributed by atoms with Crippen molar-refractivity contribution in [2.45, 2.75) is 23.4 Å². The van der Waals surface area contributed by atoms with Crippen LogP contribution in [0, 0.1) is 6.92 Å². The molecule has 7 nitrogen and oxygen atoms in total. The Balaban J connectivity index is 1.64. The smallest absolute Gasteiger partial charge is 0.229 e. The van der Waals surface area contributed by atoms with E-state index in [0.717, 1.165) is 10.9 Å². The first-order chi connectivity index (χ1) is 15.4. The molecule has 3 aromatic carbocycles. The quantitative estimate of drug-likeness (QED) is 0.407. The van der Waals surface area contributed by atoms with Crippen LogP contribution in [0.4, 0.5) is 5.82 Å². The second-order valence-electron chi connectivity index (χ2n) is 7.40. The molecule has 2 aromatic heterocycles. The van der Waals surface area contributed by atoms with Crippen LogP contribution >= 0.6 is 11.6 Å². The van der Waals surface area contributed by atoms with Crippen LogP contribution in [0.3, 0.4) is 0 Å². The van der Waals surface area contributed by atoms with Crippen molar-refractivity contribution in [3.05, 3.63) is 88.9 Å². The van der Waals surface area contributed by atoms with Gasteiger partial charge in [-0.3, -0.25) is 0 Å². The fourth-order valence-corrected chi connectivity index (χ4v) is 4.83. The SMILES string of the molecule is Cc1ccc(CNc2nc3c(S(=O)(=O)c4ccc(Cl)cc4)nnn3c3ccccc23)cc1. The molecule has 5 aromatic rings. The summed E-state index contributed by atoms with van der Waals surface area (Å²) < 4.78 is 28.0. The molecule has 0 aliphatic carbocycles. The van der Waals surface area contributed by atoms with Crippen molar-refractivity contribution in [2.24, 2.45) is 0 Å². The van der Waals surface area contributed by atoms with E-state index < -0.39 is 9.84 Å². The van der Waals surface area contributed by atoms with Crippen molar-refractivity contribution in [3.8, 4) is 0 Å². The van der Waals surface area contributed by atoms with Crippen molar-refractivity contribution in [1.29, 1.82) is 0 Å². The average molecular weight is 464 g/mol. The summed E-state index contributed by atoms with van der Waals surface area (Å²) in [7, 11) is -3.94. The van der Waals surface area contributed by atoms with E-state index in [9.17, 15) is 8.42 Å². The number of benzene rings is 3. The second-order valence-corrected chi connectivity index (χ2v) is 9.71. The monoisotopic (exact) mass is 463 g/mol. The molecule has 0 bridgehead atoms. The van der Waals surface area contributed by atoms with Crippen LogP contribution in [0.1, 0.15) is 11.1 Å². The predicted octanol–water partition coefficient (Wildman–Crippen LogP) is 4.68. The summed E-state index contributed by atoms with van der Waals surface area (Å²) in [4.78, 5) is 4.70. The Labute approximate surface area is 189 Å². The predicted molar refractivity (Wildman–Crippen MR) is 124 cm³/mol. The maximum atomic E-state index is 13.3. The van der Waals surface area contributed by atoms with Crippen molar-refractivity contribution in [3.63, 3.8) is 0 Å². The van der Waals surface area contributed by atoms with Crippen molar-refractivity contribution >= 4 is 43.8 Å². The Bertz CT molecular complexity index is 1550. The summed E-state index contributed by atoms with van der Waals surface area (Å²) in [6.45, 7) is 2.57. The summed E-state index contributed by atoms with van der Waals surface area (Å²) in [5.41, 5.74) is 3.13. The van der Waals surface area contributed by atoms with Gasteiger partial charge in [-0.1, -0.05) is 58.8 Å². The number of hydrogen-bond donors (Lipinski definition) is 1. The lowest BCUT2D eigenvalue weighted by molar-refractivity contribution is 0.592. The molecule has 5 rings (SSSR count). The van der Waals surface area contributed by atoms with E-state index in [1.165, 1.54) is 34.3 Å². The molecule has 0 radical (unpaired) electrons. The molecule has 0 amide bonds. The lowest BCUT2D eigenvalue weighted by Gasteiger charge is -2.11. The van der Waals surface area contributed by atoms with Gasteiger partial charge in [0.25, 0.3) is 0 Å². The highest BCUT2D eigenvalue weighted by molar-refractivity contribution is 7.91. The minimum absolute atomic E-state index is 0.0772. The Hall–Kier alpha value is -3.49. The molecular formula is C23H18ClN5O2S. The Morgan fingerprint density at radius 2 is 1.69 bits per heavy atom. The number of nitrogens with one attached hydrogen (secondary N) is 1. The van der Waals surface area contributed by atoms with E-state index in [-0.39, 0.29) is 15.6 Å². The van der Waals surface area contributed by atoms with E-state index >= 15 is 0 Å². The maximum absolute atomic E-state index is 13.3. The number of aromatic nitrogens is 4. The molecule has 0 atom stereocenters. The average Bonchev–Trinajstić information content (AvgIpc) is 3.24. The first kappa shape index (κ1) is 20.4. The highest BCUT2D eigenvalue weighted by Crippen LogP contribution is 2.28. The third kappa shape index (κ3) is 3.57. The molecule has 0 spiro atoms. The fraction of sp³-hybridized carbons (Fsp3) is 0.0870. The Kier molecular flexibility index (Phi) is 5.03. The first-order valence-corrected chi connectivity index (χ1v) is 11.7. The van der Waals surface area contributed by atoms with E-state index in [0.29, 0.717) is 22.9 Å². The number of halogens is 1. The molecule has 160 valence electrons. The largest absolute Gasteiger partial charge is 0.365 e. The van der Waals surface area contributed by atoms with Gasteiger partial charge < -0.3 is 5.32 Å². The topological polar surface area (TPSA) is 89.2 Å². The zero-order valence-electron chi connectivity index (χ0n) is 17.0. The molecule has 0 aliphatic heterocycles. The minimum Gasteiger partial charge on any atom is -0.365 e. The maximum Gasteiger partial charge on any atom is 0.229 e. The number of hydrogen-bond acceptors (Lipinski definition) is 6. The van der Waals surface area contributed by atoms with Crippen LogP contribution in [0.5, 0.6) is 0 Å². The minimum atomic E-state index is -3.94. The van der Waals surface area contributed by atoms with Gasteiger partial charge in [0.15, 0.2) is 5.65 Å². The van der Waals surface area contributed by atoms with E-state index in [1.807, 2.05) is 55.5 Å². The summed E-state index contributed by atoms with van der Waals surface area (Å²) in [6, 6.07) is 21.6. The van der Waals surface area contributed by atoms with Gasteiger partial charge in [-0.15, -0.1) is 5.10 Å². The lowest BCUT2D eigenvalue weighted by Crippen LogP contribution is -2.07. The molecule has 2 heterocycles. The van der Waals surface area contributed by atoms with Gasteiger partial charge in [0.2, 0.25) is 14.9 Å². The van der Waals surface area contributed by atoms with Gasteiger partial charge in [-0.05, 0) is 48.9 Å². The van der Waals surface area contributed by atoms with Crippen LogP contribution in [0.25, 0.3) is 16.6 Å². The zero-order valence-corrected chi connectivity index (χ0v) is 18.6. The molecule has 0 aliphatic rings. The molecule has 0 unspecified atom stereocenters. The van der Waals surface area contributed by atoms with E-state index in [4.69, 9.17) is 11.6 Å². The molecule has 1 N–H and O–H groups in total. The van der Waals surface area contributed by atoms with Gasteiger partial charge >= 0.3 is 0 Å². The number of anilines is 1. The van der Waals surface area contributed by atoms with E-state index in [1.54, 1.807) is 0 Å². The van der Waals surface area contributed by atoms with Crippen molar-refractivity contribution in [2.75, 3.05) is 5.32 Å². The molecular weight excluding hydrogens is 446 g/mol. The van der Waals surface area contributed by atoms with Crippen LogP contribution in [0.15, 0.2) is 82.7 Å². The van der Waals surface area contributed by atoms with E-state index in [2.05, 4.69) is 20.6 Å². The Morgan fingerprint density at radius 1 is 0.969 bits per heavy atom. The van der Waals surface area contributed by atoms with Crippen LogP contribution < -0.4 is 5.32 Å². The van der Waals surface area contributed by atoms with Crippen LogP contribution in [-0.2, 0) is 16.4 Å². The number of sulfone groups is 1. The van der Waals surface area contributed by atoms with Crippen molar-refractivity contribution in [1.82, 2.24) is 19.8 Å². The molecule has 32 heavy (non-hydrogen) atoms. The van der Waals surface area contributed by atoms with Crippen LogP contribution in [-0.4, -0.2) is 28.2 Å². The summed E-state index contributed by atoms with van der Waals surface area (Å²) in [5.74, 6) is 0.559. The number of nitrogens with zero attached hydrogens (tertiary/aromatic N) is 4. The summed E-state index contributed by atoms with van der Waals surface area (Å²) in [6.07, 6.45) is 0. The van der Waals surface area contributed by atoms with Gasteiger partial charge in [-0.25, -0.2) is 13.4 Å². The van der Waals surface area contributed by atoms with Gasteiger partial charge in [0, 0.05) is 17.0 Å². The highest BCUT2D eigenvalue weighted by Gasteiger charge is 2.27. The molecule has 0 saturated carbocycles. The molecule has 0 fully saturated rings. The molecule has 0 saturated heterocycles. The summed E-state index contributed by atoms with van der Waals surface area (Å²) >= 11 is 5.91. The standard InChI is InChI=1S/C23H18ClN5O2S/c1-15-6-8-16(9-7-15)14-25-21-19-4-2-3-5-20(19)29-22(26-21)23(27-28-29)32(30,31)18-12-10-17(24)11-13-18/h2-13H,14H2,1H3,(H,25,26). The normalized spacial score (nSPS) is 11.8. The lowest BCUT2D eigenvalue weighted by atomic mass is 10.1. The second kappa shape index (κ2) is 7.89. The van der Waals surface area contributed by atoms with Crippen molar-refractivity contribution < 1.29 is 8.42 Å². The number of fused-ring (bicyclic) bond motifs is 3. The number of para-hydroxylation sites is 1. The summed E-state index contributed by atoms with van der Waals surface area (Å²) in [5, 5.41) is 12.5. The van der Waals surface area contributed by atoms with Gasteiger partial charge in [-0.2, -0.15) is 4.52 Å². The Morgan fingerprint density at radius 3 is 2.44 bits per heavy atom. The van der Waals surface area contributed by atoms with Gasteiger partial charge in [0.05, 0.1) is 10.4 Å².